The molecule has 0 bridgehead atoms. The summed E-state index contributed by atoms with van der Waals surface area (Å²) in [5, 5.41) is 9.28. The lowest BCUT2D eigenvalue weighted by molar-refractivity contribution is -0.149. The largest absolute Gasteiger partial charge is 0.480 e. The number of rotatable bonds is 9. The number of esters is 1. The number of carboxylic acid groups (broad SMARTS) is 1. The molecule has 0 unspecified atom stereocenters. The van der Waals surface area contributed by atoms with Crippen molar-refractivity contribution < 1.29 is 38.0 Å². The molecule has 0 radical (unpaired) electrons. The Labute approximate surface area is 226 Å². The van der Waals surface area contributed by atoms with Gasteiger partial charge in [0.15, 0.2) is 25.1 Å². The average Bonchev–Trinajstić information content (AvgIpc) is 2.85. The lowest BCUT2D eigenvalue weighted by Crippen LogP contribution is -2.26. The van der Waals surface area contributed by atoms with Crippen LogP contribution in [0.25, 0.3) is 0 Å². The number of carboxylic acids is 1. The molecule has 194 valence electrons. The van der Waals surface area contributed by atoms with E-state index in [0.717, 1.165) is 6.07 Å². The topological polar surface area (TPSA) is 104 Å². The second-order valence-electron chi connectivity index (χ2n) is 6.84. The highest BCUT2D eigenvalue weighted by Crippen LogP contribution is 2.28. The van der Waals surface area contributed by atoms with E-state index in [2.05, 4.69) is 10.9 Å². The highest BCUT2D eigenvalue weighted by atomic mass is 35.5. The first-order valence-electron chi connectivity index (χ1n) is 10.2. The quantitative estimate of drug-likeness (QED) is 0.244. The number of hydrogen-bond acceptors (Lipinski definition) is 7. The van der Waals surface area contributed by atoms with Crippen LogP contribution in [0.4, 0.5) is 4.39 Å². The van der Waals surface area contributed by atoms with Crippen LogP contribution in [0.5, 0.6) is 23.1 Å². The number of hydrogen-bond donors (Lipinski definition) is 1. The van der Waals surface area contributed by atoms with Crippen LogP contribution in [0.3, 0.4) is 0 Å². The Morgan fingerprint density at radius 3 is 2.35 bits per heavy atom. The van der Waals surface area contributed by atoms with Gasteiger partial charge in [-0.3, -0.25) is 0 Å². The van der Waals surface area contributed by atoms with Crippen molar-refractivity contribution in [2.45, 2.75) is 13.0 Å². The maximum atomic E-state index is 13.6. The van der Waals surface area contributed by atoms with Gasteiger partial charge in [-0.05, 0) is 55.5 Å². The van der Waals surface area contributed by atoms with Gasteiger partial charge in [0.2, 0.25) is 0 Å². The Hall–Kier alpha value is -3.71. The molecule has 0 fully saturated rings. The van der Waals surface area contributed by atoms with E-state index in [9.17, 15) is 14.0 Å². The maximum Gasteiger partial charge on any atom is 0.347 e. The van der Waals surface area contributed by atoms with Gasteiger partial charge in [-0.25, -0.2) is 19.0 Å². The van der Waals surface area contributed by atoms with Crippen LogP contribution in [0.2, 0.25) is 15.1 Å². The van der Waals surface area contributed by atoms with E-state index in [1.807, 2.05) is 0 Å². The third-order valence-corrected chi connectivity index (χ3v) is 4.74. The van der Waals surface area contributed by atoms with Crippen LogP contribution in [0.15, 0.2) is 54.7 Å². The normalized spacial score (nSPS) is 10.7. The van der Waals surface area contributed by atoms with E-state index in [4.69, 9.17) is 65.3 Å². The van der Waals surface area contributed by atoms with Gasteiger partial charge in [0.25, 0.3) is 5.88 Å². The van der Waals surface area contributed by atoms with Gasteiger partial charge in [0.1, 0.15) is 17.2 Å². The fraction of sp³-hybridized carbons (Fsp3) is 0.160. The lowest BCUT2D eigenvalue weighted by atomic mass is 10.3. The predicted octanol–water partition coefficient (Wildman–Crippen LogP) is 6.07. The molecule has 3 aromatic rings. The molecular formula is C25H19Cl3FNO7. The molecule has 12 heteroatoms. The summed E-state index contributed by atoms with van der Waals surface area (Å²) in [5.74, 6) is 0.782. The Morgan fingerprint density at radius 1 is 1.08 bits per heavy atom. The van der Waals surface area contributed by atoms with Gasteiger partial charge in [-0.15, -0.1) is 6.42 Å². The van der Waals surface area contributed by atoms with Crippen LogP contribution in [0, 0.1) is 18.2 Å². The fourth-order valence-electron chi connectivity index (χ4n) is 2.39. The Morgan fingerprint density at radius 2 is 1.76 bits per heavy atom. The minimum Gasteiger partial charge on any atom is -0.480 e. The van der Waals surface area contributed by atoms with Crippen LogP contribution in [0.1, 0.15) is 6.92 Å². The van der Waals surface area contributed by atoms with Gasteiger partial charge in [-0.2, -0.15) is 0 Å². The Balaban J connectivity index is 0.000000312. The summed E-state index contributed by atoms with van der Waals surface area (Å²) in [6.07, 6.45) is 5.47. The first-order chi connectivity index (χ1) is 17.6. The molecule has 1 aromatic heterocycles. The molecule has 0 amide bonds. The summed E-state index contributed by atoms with van der Waals surface area (Å²) in [5.41, 5.74) is 0. The van der Waals surface area contributed by atoms with Gasteiger partial charge >= 0.3 is 11.9 Å². The first-order valence-corrected chi connectivity index (χ1v) is 11.4. The number of ether oxygens (including phenoxy) is 4. The number of aromatic nitrogens is 1. The van der Waals surface area contributed by atoms with E-state index in [0.29, 0.717) is 27.3 Å². The minimum absolute atomic E-state index is 0.112. The zero-order valence-electron chi connectivity index (χ0n) is 19.1. The van der Waals surface area contributed by atoms with Gasteiger partial charge in [0.05, 0.1) is 10.0 Å². The zero-order chi connectivity index (χ0) is 27.4. The fourth-order valence-corrected chi connectivity index (χ4v) is 3.00. The number of carbonyl (C=O) groups is 2. The zero-order valence-corrected chi connectivity index (χ0v) is 21.4. The third-order valence-electron chi connectivity index (χ3n) is 4.00. The minimum atomic E-state index is -1.05. The molecule has 8 nitrogen and oxygen atoms in total. The standard InChI is InChI=1S/C17H13ClFNO4.C8H6Cl2O3/c1-3-8-22-17(21)11(2)23-13-4-6-14(7-5-13)24-16-15(19)9-12(18)10-20-16;9-5-1-2-7(6(10)3-5)13-4-8(11)12/h1,4-7,9-11H,8H2,2H3;1-3H,4H2,(H,11,12)/t11-;/m1./s1. The number of halogens is 4. The predicted molar refractivity (Wildman–Crippen MR) is 135 cm³/mol. The Kier molecular flexibility index (Phi) is 11.8. The summed E-state index contributed by atoms with van der Waals surface area (Å²) in [6, 6.07) is 11.9. The molecule has 1 N–H and O–H groups in total. The summed E-state index contributed by atoms with van der Waals surface area (Å²) in [4.78, 5) is 25.5. The molecule has 37 heavy (non-hydrogen) atoms. The summed E-state index contributed by atoms with van der Waals surface area (Å²) < 4.78 is 34.0. The molecule has 0 saturated carbocycles. The van der Waals surface area contributed by atoms with E-state index in [1.165, 1.54) is 25.3 Å². The number of benzene rings is 2. The Bertz CT molecular complexity index is 1270. The van der Waals surface area contributed by atoms with E-state index in [-0.39, 0.29) is 17.5 Å². The molecular weight excluding hydrogens is 552 g/mol. The van der Waals surface area contributed by atoms with Crippen molar-refractivity contribution in [3.8, 4) is 35.5 Å². The highest BCUT2D eigenvalue weighted by Gasteiger charge is 2.16. The highest BCUT2D eigenvalue weighted by molar-refractivity contribution is 6.35. The first kappa shape index (κ1) is 29.5. The summed E-state index contributed by atoms with van der Waals surface area (Å²) >= 11 is 17.0. The molecule has 0 aliphatic carbocycles. The van der Waals surface area contributed by atoms with Gasteiger partial charge < -0.3 is 24.1 Å². The van der Waals surface area contributed by atoms with Crippen molar-refractivity contribution in [1.82, 2.24) is 4.98 Å². The van der Waals surface area contributed by atoms with Crippen molar-refractivity contribution in [1.29, 1.82) is 0 Å². The van der Waals surface area contributed by atoms with E-state index >= 15 is 0 Å². The van der Waals surface area contributed by atoms with Crippen molar-refractivity contribution in [2.75, 3.05) is 13.2 Å². The SMILES string of the molecule is C#CCOC(=O)[C@@H](C)Oc1ccc(Oc2ncc(Cl)cc2F)cc1.O=C(O)COc1ccc(Cl)cc1Cl. The molecule has 0 saturated heterocycles. The van der Waals surface area contributed by atoms with E-state index in [1.54, 1.807) is 30.3 Å². The number of carbonyl (C=O) groups excluding carboxylic acids is 1. The summed E-state index contributed by atoms with van der Waals surface area (Å²) in [7, 11) is 0. The number of aliphatic carboxylic acids is 1. The molecule has 3 rings (SSSR count). The van der Waals surface area contributed by atoms with Gasteiger partial charge in [-0.1, -0.05) is 40.7 Å². The smallest absolute Gasteiger partial charge is 0.347 e. The summed E-state index contributed by atoms with van der Waals surface area (Å²) in [6.45, 7) is 1.01. The lowest BCUT2D eigenvalue weighted by Gasteiger charge is -2.13. The molecule has 0 aliphatic rings. The maximum absolute atomic E-state index is 13.6. The number of nitrogens with zero attached hydrogens (tertiary/aromatic N) is 1. The monoisotopic (exact) mass is 569 g/mol. The second kappa shape index (κ2) is 14.8. The van der Waals surface area contributed by atoms with Gasteiger partial charge in [0, 0.05) is 11.2 Å². The number of pyridine rings is 1. The molecule has 1 atom stereocenters. The molecule has 0 aliphatic heterocycles. The average molecular weight is 571 g/mol. The van der Waals surface area contributed by atoms with Crippen molar-refractivity contribution in [3.63, 3.8) is 0 Å². The van der Waals surface area contributed by atoms with Crippen molar-refractivity contribution in [3.05, 3.63) is 75.6 Å². The molecule has 1 heterocycles. The third kappa shape index (κ3) is 10.4. The van der Waals surface area contributed by atoms with Crippen LogP contribution < -0.4 is 14.2 Å². The van der Waals surface area contributed by atoms with Crippen molar-refractivity contribution in [2.24, 2.45) is 0 Å². The van der Waals surface area contributed by atoms with E-state index < -0.39 is 30.5 Å². The van der Waals surface area contributed by atoms with Crippen LogP contribution in [-0.4, -0.2) is 41.3 Å². The van der Waals surface area contributed by atoms with Crippen LogP contribution >= 0.6 is 34.8 Å². The second-order valence-corrected chi connectivity index (χ2v) is 8.12. The van der Waals surface area contributed by atoms with Crippen LogP contribution in [-0.2, 0) is 14.3 Å². The molecule has 2 aromatic carbocycles. The van der Waals surface area contributed by atoms with Crippen molar-refractivity contribution >= 4 is 46.7 Å². The number of terminal acetylenes is 1. The molecule has 0 spiro atoms.